The molecule has 3 atom stereocenters. The molecule has 1 aliphatic heterocycles. The third-order valence-electron chi connectivity index (χ3n) is 4.27. The van der Waals surface area contributed by atoms with Crippen LogP contribution in [0.1, 0.15) is 43.8 Å². The maximum Gasteiger partial charge on any atom is 0.0827 e. The predicted octanol–water partition coefficient (Wildman–Crippen LogP) is 3.95. The van der Waals surface area contributed by atoms with Crippen molar-refractivity contribution in [1.82, 2.24) is 0 Å². The molecule has 0 unspecified atom stereocenters. The van der Waals surface area contributed by atoms with Crippen LogP contribution in [0.5, 0.6) is 0 Å². The van der Waals surface area contributed by atoms with Gasteiger partial charge in [0.1, 0.15) is 0 Å². The van der Waals surface area contributed by atoms with Crippen molar-refractivity contribution in [2.45, 2.75) is 38.2 Å². The fourth-order valence-electron chi connectivity index (χ4n) is 3.30. The molecule has 0 radical (unpaired) electrons. The highest BCUT2D eigenvalue weighted by atomic mass is 16.5. The van der Waals surface area contributed by atoms with E-state index < -0.39 is 0 Å². The molecule has 0 bridgehead atoms. The van der Waals surface area contributed by atoms with Crippen molar-refractivity contribution in [2.24, 2.45) is 11.8 Å². The molecule has 1 heteroatoms. The molecular weight excluding hydrogens is 196 g/mol. The van der Waals surface area contributed by atoms with Gasteiger partial charge in [-0.2, -0.15) is 0 Å². The largest absolute Gasteiger partial charge is 0.373 e. The number of hydrogen-bond donors (Lipinski definition) is 0. The van der Waals surface area contributed by atoms with E-state index in [4.69, 9.17) is 4.74 Å². The molecule has 2 aliphatic rings. The molecule has 0 N–H and O–H groups in total. The Balaban J connectivity index is 1.71. The molecule has 1 saturated carbocycles. The second-order valence-electron chi connectivity index (χ2n) is 5.27. The topological polar surface area (TPSA) is 9.23 Å². The fraction of sp³-hybridized carbons (Fsp3) is 0.600. The lowest BCUT2D eigenvalue weighted by Gasteiger charge is -2.39. The van der Waals surface area contributed by atoms with Crippen LogP contribution >= 0.6 is 0 Å². The van der Waals surface area contributed by atoms with Crippen molar-refractivity contribution in [2.75, 3.05) is 6.61 Å². The van der Waals surface area contributed by atoms with Gasteiger partial charge in [-0.15, -0.1) is 0 Å². The number of rotatable bonds is 1. The Labute approximate surface area is 97.8 Å². The summed E-state index contributed by atoms with van der Waals surface area (Å²) >= 11 is 0. The highest BCUT2D eigenvalue weighted by molar-refractivity contribution is 5.18. The van der Waals surface area contributed by atoms with Gasteiger partial charge in [-0.3, -0.25) is 0 Å². The van der Waals surface area contributed by atoms with Gasteiger partial charge >= 0.3 is 0 Å². The standard InChI is InChI=1S/C15H20O/c1-2-6-12(7-3-1)15-10-13-8-4-5-9-14(13)11-16-15/h1-3,6-7,13-15H,4-5,8-11H2/t13-,14-,15-/m1/s1. The van der Waals surface area contributed by atoms with E-state index in [0.717, 1.165) is 18.4 Å². The average Bonchev–Trinajstić information content (AvgIpc) is 2.39. The summed E-state index contributed by atoms with van der Waals surface area (Å²) in [6.07, 6.45) is 7.28. The normalized spacial score (nSPS) is 34.4. The van der Waals surface area contributed by atoms with Crippen molar-refractivity contribution in [1.29, 1.82) is 0 Å². The first kappa shape index (κ1) is 10.3. The highest BCUT2D eigenvalue weighted by Crippen LogP contribution is 2.41. The van der Waals surface area contributed by atoms with E-state index in [1.165, 1.54) is 37.7 Å². The van der Waals surface area contributed by atoms with E-state index in [9.17, 15) is 0 Å². The smallest absolute Gasteiger partial charge is 0.0827 e. The maximum absolute atomic E-state index is 6.03. The van der Waals surface area contributed by atoms with Crippen LogP contribution in [0.15, 0.2) is 30.3 Å². The van der Waals surface area contributed by atoms with Crippen LogP contribution in [0.25, 0.3) is 0 Å². The monoisotopic (exact) mass is 216 g/mol. The van der Waals surface area contributed by atoms with E-state index in [2.05, 4.69) is 30.3 Å². The summed E-state index contributed by atoms with van der Waals surface area (Å²) < 4.78 is 6.03. The Morgan fingerprint density at radius 2 is 1.69 bits per heavy atom. The Kier molecular flexibility index (Phi) is 2.96. The summed E-state index contributed by atoms with van der Waals surface area (Å²) in [5, 5.41) is 0. The third kappa shape index (κ3) is 2.01. The van der Waals surface area contributed by atoms with E-state index >= 15 is 0 Å². The quantitative estimate of drug-likeness (QED) is 0.690. The Morgan fingerprint density at radius 1 is 0.938 bits per heavy atom. The molecule has 16 heavy (non-hydrogen) atoms. The van der Waals surface area contributed by atoms with Crippen molar-refractivity contribution >= 4 is 0 Å². The molecule has 86 valence electrons. The van der Waals surface area contributed by atoms with Crippen molar-refractivity contribution in [3.63, 3.8) is 0 Å². The molecule has 1 nitrogen and oxygen atoms in total. The number of ether oxygens (including phenoxy) is 1. The first-order valence-electron chi connectivity index (χ1n) is 6.60. The highest BCUT2D eigenvalue weighted by Gasteiger charge is 2.33. The first-order chi connectivity index (χ1) is 7.93. The SMILES string of the molecule is c1ccc([C@H]2C[C@H]3CCCC[C@@H]3CO2)cc1. The van der Waals surface area contributed by atoms with Crippen LogP contribution in [0, 0.1) is 11.8 Å². The van der Waals surface area contributed by atoms with Gasteiger partial charge in [-0.25, -0.2) is 0 Å². The summed E-state index contributed by atoms with van der Waals surface area (Å²) in [4.78, 5) is 0. The minimum Gasteiger partial charge on any atom is -0.373 e. The summed E-state index contributed by atoms with van der Waals surface area (Å²) in [6.45, 7) is 0.990. The van der Waals surface area contributed by atoms with Crippen LogP contribution in [0.4, 0.5) is 0 Å². The molecule has 2 fully saturated rings. The molecule has 1 saturated heterocycles. The lowest BCUT2D eigenvalue weighted by molar-refractivity contribution is -0.0612. The summed E-state index contributed by atoms with van der Waals surface area (Å²) in [5.41, 5.74) is 1.37. The first-order valence-corrected chi connectivity index (χ1v) is 6.60. The van der Waals surface area contributed by atoms with E-state index in [1.54, 1.807) is 0 Å². The second-order valence-corrected chi connectivity index (χ2v) is 5.27. The molecule has 3 rings (SSSR count). The van der Waals surface area contributed by atoms with Gasteiger partial charge in [-0.05, 0) is 36.7 Å². The minimum atomic E-state index is 0.362. The Bertz CT molecular complexity index is 333. The van der Waals surface area contributed by atoms with Gasteiger partial charge in [0.05, 0.1) is 12.7 Å². The maximum atomic E-state index is 6.03. The summed E-state index contributed by atoms with van der Waals surface area (Å²) in [5.74, 6) is 1.78. The summed E-state index contributed by atoms with van der Waals surface area (Å²) in [6, 6.07) is 10.7. The number of benzene rings is 1. The van der Waals surface area contributed by atoms with E-state index in [0.29, 0.717) is 6.10 Å². The van der Waals surface area contributed by atoms with Crippen molar-refractivity contribution in [3.8, 4) is 0 Å². The molecule has 1 aromatic rings. The molecule has 1 aromatic carbocycles. The zero-order valence-corrected chi connectivity index (χ0v) is 9.77. The number of fused-ring (bicyclic) bond motifs is 1. The van der Waals surface area contributed by atoms with Crippen molar-refractivity contribution < 1.29 is 4.74 Å². The van der Waals surface area contributed by atoms with Crippen LogP contribution in [0.2, 0.25) is 0 Å². The van der Waals surface area contributed by atoms with Crippen LogP contribution in [-0.4, -0.2) is 6.61 Å². The van der Waals surface area contributed by atoms with E-state index in [-0.39, 0.29) is 0 Å². The lowest BCUT2D eigenvalue weighted by atomic mass is 9.74. The van der Waals surface area contributed by atoms with Crippen LogP contribution in [0.3, 0.4) is 0 Å². The fourth-order valence-corrected chi connectivity index (χ4v) is 3.30. The Morgan fingerprint density at radius 3 is 2.50 bits per heavy atom. The molecule has 0 amide bonds. The van der Waals surface area contributed by atoms with Gasteiger partial charge in [-0.1, -0.05) is 43.2 Å². The molecule has 1 aliphatic carbocycles. The number of hydrogen-bond acceptors (Lipinski definition) is 1. The molecular formula is C15H20O. The van der Waals surface area contributed by atoms with Gasteiger partial charge in [0, 0.05) is 0 Å². The zero-order chi connectivity index (χ0) is 10.8. The van der Waals surface area contributed by atoms with Gasteiger partial charge < -0.3 is 4.74 Å². The average molecular weight is 216 g/mol. The molecule has 1 heterocycles. The lowest BCUT2D eigenvalue weighted by Crippen LogP contribution is -2.31. The Hall–Kier alpha value is -0.820. The second kappa shape index (κ2) is 4.58. The van der Waals surface area contributed by atoms with Crippen LogP contribution < -0.4 is 0 Å². The zero-order valence-electron chi connectivity index (χ0n) is 9.77. The third-order valence-corrected chi connectivity index (χ3v) is 4.27. The van der Waals surface area contributed by atoms with Crippen LogP contribution in [-0.2, 0) is 4.74 Å². The molecule has 0 spiro atoms. The predicted molar refractivity (Wildman–Crippen MR) is 65.2 cm³/mol. The van der Waals surface area contributed by atoms with Gasteiger partial charge in [0.25, 0.3) is 0 Å². The molecule has 0 aromatic heterocycles. The van der Waals surface area contributed by atoms with E-state index in [1.807, 2.05) is 0 Å². The van der Waals surface area contributed by atoms with Gasteiger partial charge in [0.15, 0.2) is 0 Å². The van der Waals surface area contributed by atoms with Crippen molar-refractivity contribution in [3.05, 3.63) is 35.9 Å². The van der Waals surface area contributed by atoms with Gasteiger partial charge in [0.2, 0.25) is 0 Å². The minimum absolute atomic E-state index is 0.362. The summed E-state index contributed by atoms with van der Waals surface area (Å²) in [7, 11) is 0.